The van der Waals surface area contributed by atoms with Crippen molar-refractivity contribution in [2.24, 2.45) is 5.92 Å². The number of anilines is 1. The van der Waals surface area contributed by atoms with Crippen LogP contribution >= 0.6 is 11.8 Å². The summed E-state index contributed by atoms with van der Waals surface area (Å²) in [6.07, 6.45) is 7.21. The molecule has 1 fully saturated rings. The first-order chi connectivity index (χ1) is 8.33. The highest BCUT2D eigenvalue weighted by atomic mass is 32.2. The number of H-pyrrole nitrogens is 1. The lowest BCUT2D eigenvalue weighted by Gasteiger charge is -2.08. The van der Waals surface area contributed by atoms with Crippen LogP contribution < -0.4 is 5.73 Å². The van der Waals surface area contributed by atoms with E-state index in [9.17, 15) is 0 Å². The molecule has 3 rings (SSSR count). The highest BCUT2D eigenvalue weighted by molar-refractivity contribution is 7.99. The quantitative estimate of drug-likeness (QED) is 0.644. The third-order valence-electron chi connectivity index (χ3n) is 3.22. The summed E-state index contributed by atoms with van der Waals surface area (Å²) >= 11 is 1.77. The molecule has 1 saturated carbocycles. The number of rotatable bonds is 3. The van der Waals surface area contributed by atoms with Gasteiger partial charge in [0.1, 0.15) is 5.03 Å². The van der Waals surface area contributed by atoms with Crippen molar-refractivity contribution >= 4 is 28.7 Å². The fourth-order valence-electron chi connectivity index (χ4n) is 2.31. The Balaban J connectivity index is 1.81. The minimum absolute atomic E-state index is 0.315. The van der Waals surface area contributed by atoms with E-state index in [0.717, 1.165) is 27.7 Å². The third kappa shape index (κ3) is 2.22. The van der Waals surface area contributed by atoms with Gasteiger partial charge in [0, 0.05) is 5.75 Å². The molecule has 0 bridgehead atoms. The zero-order valence-electron chi connectivity index (χ0n) is 9.52. The molecule has 0 amide bonds. The molecule has 0 spiro atoms. The molecule has 0 unspecified atom stereocenters. The average Bonchev–Trinajstić information content (AvgIpc) is 2.95. The van der Waals surface area contributed by atoms with E-state index >= 15 is 0 Å². The molecule has 2 aromatic heterocycles. The number of nitrogens with zero attached hydrogens (tertiary/aromatic N) is 3. The van der Waals surface area contributed by atoms with Gasteiger partial charge < -0.3 is 5.73 Å². The van der Waals surface area contributed by atoms with Gasteiger partial charge in [0.15, 0.2) is 5.65 Å². The maximum absolute atomic E-state index is 5.68. The van der Waals surface area contributed by atoms with Crippen molar-refractivity contribution in [2.45, 2.75) is 30.7 Å². The number of thioether (sulfide) groups is 1. The second-order valence-corrected chi connectivity index (χ2v) is 5.49. The fourth-order valence-corrected chi connectivity index (χ4v) is 3.50. The number of hydrogen-bond acceptors (Lipinski definition) is 5. The van der Waals surface area contributed by atoms with Crippen molar-refractivity contribution in [3.8, 4) is 0 Å². The first-order valence-electron chi connectivity index (χ1n) is 5.92. The van der Waals surface area contributed by atoms with Gasteiger partial charge in [0.2, 0.25) is 5.95 Å². The van der Waals surface area contributed by atoms with Crippen LogP contribution in [-0.2, 0) is 0 Å². The smallest absolute Gasteiger partial charge is 0.223 e. The van der Waals surface area contributed by atoms with Crippen molar-refractivity contribution in [3.63, 3.8) is 0 Å². The van der Waals surface area contributed by atoms with Gasteiger partial charge in [-0.3, -0.25) is 5.10 Å². The average molecular weight is 249 g/mol. The Morgan fingerprint density at radius 2 is 2.18 bits per heavy atom. The zero-order valence-corrected chi connectivity index (χ0v) is 10.3. The largest absolute Gasteiger partial charge is 0.368 e. The molecule has 0 aromatic carbocycles. The highest BCUT2D eigenvalue weighted by Gasteiger charge is 2.17. The van der Waals surface area contributed by atoms with Gasteiger partial charge in [-0.05, 0) is 18.8 Å². The molecule has 3 N–H and O–H groups in total. The van der Waals surface area contributed by atoms with Crippen LogP contribution in [0.1, 0.15) is 25.7 Å². The van der Waals surface area contributed by atoms with Gasteiger partial charge >= 0.3 is 0 Å². The molecule has 0 radical (unpaired) electrons. The normalized spacial score (nSPS) is 16.9. The molecular formula is C11H15N5S. The molecule has 0 atom stereocenters. The molecule has 90 valence electrons. The molecule has 0 saturated heterocycles. The zero-order chi connectivity index (χ0) is 11.7. The van der Waals surface area contributed by atoms with Crippen LogP contribution in [-0.4, -0.2) is 25.9 Å². The van der Waals surface area contributed by atoms with E-state index in [1.165, 1.54) is 25.7 Å². The van der Waals surface area contributed by atoms with E-state index in [0.29, 0.717) is 5.95 Å². The van der Waals surface area contributed by atoms with Crippen LogP contribution in [0.15, 0.2) is 11.2 Å². The van der Waals surface area contributed by atoms with Crippen LogP contribution in [0.5, 0.6) is 0 Å². The van der Waals surface area contributed by atoms with E-state index in [1.54, 1.807) is 18.0 Å². The van der Waals surface area contributed by atoms with Crippen molar-refractivity contribution in [1.29, 1.82) is 0 Å². The summed E-state index contributed by atoms with van der Waals surface area (Å²) in [5.74, 6) is 2.27. The lowest BCUT2D eigenvalue weighted by atomic mass is 10.1. The summed E-state index contributed by atoms with van der Waals surface area (Å²) in [7, 11) is 0. The third-order valence-corrected chi connectivity index (χ3v) is 4.45. The number of nitrogens with one attached hydrogen (secondary N) is 1. The summed E-state index contributed by atoms with van der Waals surface area (Å²) in [6, 6.07) is 0. The Kier molecular flexibility index (Phi) is 2.88. The minimum Gasteiger partial charge on any atom is -0.368 e. The van der Waals surface area contributed by atoms with Gasteiger partial charge in [0.25, 0.3) is 0 Å². The summed E-state index contributed by atoms with van der Waals surface area (Å²) in [5.41, 5.74) is 6.41. The van der Waals surface area contributed by atoms with Crippen LogP contribution in [0.2, 0.25) is 0 Å². The standard InChI is InChI=1S/C11H15N5S/c12-11-14-9-8(5-13-16-9)10(15-11)17-6-7-3-1-2-4-7/h5,7H,1-4,6H2,(H3,12,13,14,15,16). The molecular weight excluding hydrogens is 234 g/mol. The number of nitrogens with two attached hydrogens (primary N) is 1. The molecule has 5 nitrogen and oxygen atoms in total. The lowest BCUT2D eigenvalue weighted by molar-refractivity contribution is 0.623. The molecule has 0 aliphatic heterocycles. The van der Waals surface area contributed by atoms with E-state index < -0.39 is 0 Å². The Bertz CT molecular complexity index is 518. The van der Waals surface area contributed by atoms with Crippen LogP contribution in [0.25, 0.3) is 11.0 Å². The number of fused-ring (bicyclic) bond motifs is 1. The van der Waals surface area contributed by atoms with Gasteiger partial charge in [-0.15, -0.1) is 11.8 Å². The number of aromatic amines is 1. The second kappa shape index (κ2) is 4.52. The maximum atomic E-state index is 5.68. The first-order valence-corrected chi connectivity index (χ1v) is 6.91. The Morgan fingerprint density at radius 3 is 3.00 bits per heavy atom. The Labute approximate surface area is 104 Å². The highest BCUT2D eigenvalue weighted by Crippen LogP contribution is 2.32. The molecule has 1 aliphatic rings. The molecule has 2 heterocycles. The van der Waals surface area contributed by atoms with E-state index in [1.807, 2.05) is 0 Å². The SMILES string of the molecule is Nc1nc(SCC2CCCC2)c2cn[nH]c2n1. The van der Waals surface area contributed by atoms with Crippen LogP contribution in [0.4, 0.5) is 5.95 Å². The summed E-state index contributed by atoms with van der Waals surface area (Å²) in [6.45, 7) is 0. The van der Waals surface area contributed by atoms with Gasteiger partial charge in [-0.25, -0.2) is 4.98 Å². The van der Waals surface area contributed by atoms with E-state index in [2.05, 4.69) is 20.2 Å². The van der Waals surface area contributed by atoms with Gasteiger partial charge in [0.05, 0.1) is 11.6 Å². The minimum atomic E-state index is 0.315. The van der Waals surface area contributed by atoms with Crippen molar-refractivity contribution in [1.82, 2.24) is 20.2 Å². The predicted molar refractivity (Wildman–Crippen MR) is 68.8 cm³/mol. The topological polar surface area (TPSA) is 80.5 Å². The fraction of sp³-hybridized carbons (Fsp3) is 0.545. The van der Waals surface area contributed by atoms with E-state index in [4.69, 9.17) is 5.73 Å². The summed E-state index contributed by atoms with van der Waals surface area (Å²) in [4.78, 5) is 8.42. The maximum Gasteiger partial charge on any atom is 0.223 e. The monoisotopic (exact) mass is 249 g/mol. The van der Waals surface area contributed by atoms with Crippen molar-refractivity contribution in [2.75, 3.05) is 11.5 Å². The second-order valence-electron chi connectivity index (χ2n) is 4.48. The summed E-state index contributed by atoms with van der Waals surface area (Å²) < 4.78 is 0. The van der Waals surface area contributed by atoms with Crippen molar-refractivity contribution in [3.05, 3.63) is 6.20 Å². The number of nitrogen functional groups attached to an aromatic ring is 1. The van der Waals surface area contributed by atoms with Gasteiger partial charge in [-0.2, -0.15) is 10.1 Å². The lowest BCUT2D eigenvalue weighted by Crippen LogP contribution is -2.00. The Hall–Kier alpha value is -1.30. The predicted octanol–water partition coefficient (Wildman–Crippen LogP) is 2.22. The first kappa shape index (κ1) is 10.8. The van der Waals surface area contributed by atoms with E-state index in [-0.39, 0.29) is 0 Å². The molecule has 2 aromatic rings. The Morgan fingerprint density at radius 1 is 1.35 bits per heavy atom. The summed E-state index contributed by atoms with van der Waals surface area (Å²) in [5, 5.41) is 8.75. The van der Waals surface area contributed by atoms with Crippen LogP contribution in [0, 0.1) is 5.92 Å². The molecule has 1 aliphatic carbocycles. The van der Waals surface area contributed by atoms with Gasteiger partial charge in [-0.1, -0.05) is 12.8 Å². The molecule has 6 heteroatoms. The number of hydrogen-bond donors (Lipinski definition) is 2. The number of aromatic nitrogens is 4. The molecule has 17 heavy (non-hydrogen) atoms. The van der Waals surface area contributed by atoms with Crippen molar-refractivity contribution < 1.29 is 0 Å². The van der Waals surface area contributed by atoms with Crippen LogP contribution in [0.3, 0.4) is 0 Å².